The summed E-state index contributed by atoms with van der Waals surface area (Å²) in [5, 5.41) is 0. The van der Waals surface area contributed by atoms with Crippen LogP contribution in [0.5, 0.6) is 0 Å². The average molecular weight is 469 g/mol. The summed E-state index contributed by atoms with van der Waals surface area (Å²) in [6.45, 7) is 21.5. The van der Waals surface area contributed by atoms with Gasteiger partial charge in [-0.3, -0.25) is 0 Å². The maximum atomic E-state index is 4.15. The predicted octanol–water partition coefficient (Wildman–Crippen LogP) is 12.2. The first-order valence-electron chi connectivity index (χ1n) is 14.9. The van der Waals surface area contributed by atoms with Gasteiger partial charge in [-0.2, -0.15) is 0 Å². The van der Waals surface area contributed by atoms with E-state index in [-0.39, 0.29) is 0 Å². The summed E-state index contributed by atoms with van der Waals surface area (Å²) < 4.78 is 0. The molecule has 196 valence electrons. The largest absolute Gasteiger partial charge is 0.0995 e. The molecule has 0 saturated heterocycles. The lowest BCUT2D eigenvalue weighted by Gasteiger charge is -2.28. The monoisotopic (exact) mass is 468 g/mol. The van der Waals surface area contributed by atoms with E-state index in [9.17, 15) is 0 Å². The maximum absolute atomic E-state index is 4.15. The highest BCUT2D eigenvalue weighted by atomic mass is 14.3. The van der Waals surface area contributed by atoms with Crippen molar-refractivity contribution in [2.75, 3.05) is 0 Å². The van der Waals surface area contributed by atoms with E-state index in [0.717, 1.165) is 0 Å². The number of hydrogen-bond donors (Lipinski definition) is 0. The van der Waals surface area contributed by atoms with E-state index in [0.29, 0.717) is 5.92 Å². The quantitative estimate of drug-likeness (QED) is 0.188. The van der Waals surface area contributed by atoms with Gasteiger partial charge in [0.05, 0.1) is 0 Å². The van der Waals surface area contributed by atoms with Crippen LogP contribution in [0.3, 0.4) is 0 Å². The zero-order valence-electron chi connectivity index (χ0n) is 24.2. The number of hydrogen-bond acceptors (Lipinski definition) is 0. The number of benzene rings is 1. The molecule has 0 nitrogen and oxygen atoms in total. The van der Waals surface area contributed by atoms with Gasteiger partial charge in [0.2, 0.25) is 0 Å². The number of rotatable bonds is 14. The van der Waals surface area contributed by atoms with Gasteiger partial charge >= 0.3 is 0 Å². The lowest BCUT2D eigenvalue weighted by atomic mass is 9.76. The van der Waals surface area contributed by atoms with Crippen molar-refractivity contribution in [1.82, 2.24) is 0 Å². The Morgan fingerprint density at radius 2 is 1.15 bits per heavy atom. The van der Waals surface area contributed by atoms with Crippen LogP contribution in [-0.2, 0) is 6.42 Å². The van der Waals surface area contributed by atoms with Gasteiger partial charge in [0, 0.05) is 5.92 Å². The van der Waals surface area contributed by atoms with E-state index >= 15 is 0 Å². The molecule has 0 bridgehead atoms. The van der Waals surface area contributed by atoms with Gasteiger partial charge in [0.15, 0.2) is 0 Å². The highest BCUT2D eigenvalue weighted by Crippen LogP contribution is 2.39. The second-order valence-electron chi connectivity index (χ2n) is 10.5. The Morgan fingerprint density at radius 3 is 1.53 bits per heavy atom. The Balaban J connectivity index is 0.000000523. The summed E-state index contributed by atoms with van der Waals surface area (Å²) in [6, 6.07) is 6.61. The topological polar surface area (TPSA) is 0 Å². The fraction of sp³-hybridized carbons (Fsp3) is 0.706. The smallest absolute Gasteiger partial charge is 0.00515 e. The van der Waals surface area contributed by atoms with Crippen molar-refractivity contribution in [1.29, 1.82) is 0 Å². The van der Waals surface area contributed by atoms with E-state index in [1.54, 1.807) is 0 Å². The van der Waals surface area contributed by atoms with Crippen LogP contribution in [0.4, 0.5) is 0 Å². The second-order valence-corrected chi connectivity index (χ2v) is 10.5. The first-order chi connectivity index (χ1) is 16.4. The van der Waals surface area contributed by atoms with Crippen molar-refractivity contribution < 1.29 is 0 Å². The van der Waals surface area contributed by atoms with Crippen molar-refractivity contribution in [3.05, 3.63) is 53.6 Å². The Bertz CT molecular complexity index is 609. The number of allylic oxidation sites excluding steroid dienone is 2. The molecule has 1 aliphatic carbocycles. The van der Waals surface area contributed by atoms with Crippen molar-refractivity contribution in [2.24, 2.45) is 0 Å². The molecule has 1 aliphatic rings. The third-order valence-electron chi connectivity index (χ3n) is 6.95. The van der Waals surface area contributed by atoms with Gasteiger partial charge in [0.1, 0.15) is 0 Å². The van der Waals surface area contributed by atoms with Crippen LogP contribution in [0.2, 0.25) is 0 Å². The van der Waals surface area contributed by atoms with E-state index < -0.39 is 0 Å². The van der Waals surface area contributed by atoms with Crippen LogP contribution in [0, 0.1) is 0 Å². The Hall–Kier alpha value is -1.30. The van der Waals surface area contributed by atoms with Gasteiger partial charge in [-0.1, -0.05) is 160 Å². The molecule has 1 aromatic carbocycles. The average Bonchev–Trinajstić information content (AvgIpc) is 2.84. The minimum Gasteiger partial charge on any atom is -0.0995 e. The van der Waals surface area contributed by atoms with Crippen molar-refractivity contribution in [2.45, 2.75) is 157 Å². The Labute approximate surface area is 215 Å². The molecule has 1 atom stereocenters. The fourth-order valence-corrected chi connectivity index (χ4v) is 4.81. The molecule has 0 spiro atoms. The van der Waals surface area contributed by atoms with Crippen LogP contribution < -0.4 is 0 Å². The normalized spacial score (nSPS) is 14.2. The molecule has 0 heteroatoms. The summed E-state index contributed by atoms with van der Waals surface area (Å²) in [4.78, 5) is 0. The van der Waals surface area contributed by atoms with Crippen LogP contribution in [0.1, 0.15) is 167 Å². The zero-order chi connectivity index (χ0) is 25.6. The van der Waals surface area contributed by atoms with Crippen LogP contribution in [0.25, 0.3) is 5.57 Å². The first kappa shape index (κ1) is 32.7. The molecule has 1 aromatic rings. The first-order valence-corrected chi connectivity index (χ1v) is 14.9. The third kappa shape index (κ3) is 14.9. The Kier molecular flexibility index (Phi) is 21.3. The highest BCUT2D eigenvalue weighted by molar-refractivity contribution is 5.67. The molecule has 2 rings (SSSR count). The van der Waals surface area contributed by atoms with E-state index in [4.69, 9.17) is 0 Å². The van der Waals surface area contributed by atoms with Crippen molar-refractivity contribution in [3.63, 3.8) is 0 Å². The van der Waals surface area contributed by atoms with Gasteiger partial charge in [-0.05, 0) is 49.8 Å². The molecular weight excluding hydrogens is 408 g/mol. The molecule has 0 aliphatic heterocycles. The maximum Gasteiger partial charge on any atom is 0.00515 e. The molecule has 0 radical (unpaired) electrons. The lowest BCUT2D eigenvalue weighted by Crippen LogP contribution is -2.12. The summed E-state index contributed by atoms with van der Waals surface area (Å²) >= 11 is 0. The molecule has 0 saturated carbocycles. The molecule has 0 heterocycles. The molecule has 34 heavy (non-hydrogen) atoms. The predicted molar refractivity (Wildman–Crippen MR) is 159 cm³/mol. The van der Waals surface area contributed by atoms with Crippen LogP contribution >= 0.6 is 0 Å². The molecule has 0 N–H and O–H groups in total. The Morgan fingerprint density at radius 1 is 0.706 bits per heavy atom. The van der Waals surface area contributed by atoms with E-state index in [2.05, 4.69) is 72.9 Å². The summed E-state index contributed by atoms with van der Waals surface area (Å²) in [6.07, 6.45) is 23.7. The molecule has 0 fully saturated rings. The SMILES string of the molecule is C=C(C)c1cccc2c1C(C(=C)C)CCC2.CCCCCCCCC.CCCCCCCCC. The number of fused-ring (bicyclic) bond motifs is 1. The second kappa shape index (κ2) is 22.2. The van der Waals surface area contributed by atoms with E-state index in [1.165, 1.54) is 137 Å². The molecule has 0 aromatic heterocycles. The van der Waals surface area contributed by atoms with Crippen molar-refractivity contribution >= 4 is 5.57 Å². The van der Waals surface area contributed by atoms with Crippen LogP contribution in [-0.4, -0.2) is 0 Å². The van der Waals surface area contributed by atoms with Crippen molar-refractivity contribution in [3.8, 4) is 0 Å². The summed E-state index contributed by atoms with van der Waals surface area (Å²) in [7, 11) is 0. The lowest BCUT2D eigenvalue weighted by molar-refractivity contribution is 0.602. The van der Waals surface area contributed by atoms with E-state index in [1.807, 2.05) is 0 Å². The summed E-state index contributed by atoms with van der Waals surface area (Å²) in [5.74, 6) is 0.539. The van der Waals surface area contributed by atoms with Gasteiger partial charge in [0.25, 0.3) is 0 Å². The number of unbranched alkanes of at least 4 members (excludes halogenated alkanes) is 12. The summed E-state index contributed by atoms with van der Waals surface area (Å²) in [5.41, 5.74) is 6.79. The van der Waals surface area contributed by atoms with Crippen LogP contribution in [0.15, 0.2) is 36.9 Å². The highest BCUT2D eigenvalue weighted by Gasteiger charge is 2.23. The van der Waals surface area contributed by atoms with Gasteiger partial charge in [-0.15, -0.1) is 0 Å². The number of aryl methyl sites for hydroxylation is 1. The van der Waals surface area contributed by atoms with Gasteiger partial charge in [-0.25, -0.2) is 0 Å². The third-order valence-corrected chi connectivity index (χ3v) is 6.95. The minimum atomic E-state index is 0.539. The zero-order valence-corrected chi connectivity index (χ0v) is 24.2. The molecular formula is C34H60. The minimum absolute atomic E-state index is 0.539. The van der Waals surface area contributed by atoms with Gasteiger partial charge < -0.3 is 0 Å². The standard InChI is InChI=1S/C16H20.2C9H20/c1-11(2)14-9-5-7-13-8-6-10-15(12(3)4)16(13)14;2*1-3-5-7-9-8-6-4-2/h5,7,9,15H,1,3,6,8,10H2,2,4H3;2*3-9H2,1-2H3. The molecule has 0 amide bonds. The molecule has 1 unspecified atom stereocenters. The fourth-order valence-electron chi connectivity index (χ4n) is 4.81.